The predicted molar refractivity (Wildman–Crippen MR) is 180 cm³/mol. The molecular weight excluding hydrogens is 574 g/mol. The Morgan fingerprint density at radius 3 is 1.87 bits per heavy atom. The molecule has 0 bridgehead atoms. The van der Waals surface area contributed by atoms with E-state index in [-0.39, 0.29) is 12.5 Å². The molecule has 1 saturated heterocycles. The van der Waals surface area contributed by atoms with Crippen LogP contribution in [0.4, 0.5) is 0 Å². The second-order valence-electron chi connectivity index (χ2n) is 13.0. The molecule has 1 rings (SSSR count). The van der Waals surface area contributed by atoms with Gasteiger partial charge < -0.3 is 40.3 Å². The molecule has 0 spiro atoms. The zero-order chi connectivity index (χ0) is 33.1. The minimum atomic E-state index is -1.55. The number of hydrogen-bond acceptors (Lipinski definition) is 8. The van der Waals surface area contributed by atoms with Gasteiger partial charge in [0.25, 0.3) is 0 Å². The quantitative estimate of drug-likeness (QED) is 0.0441. The Balaban J connectivity index is 2.46. The molecule has 0 aromatic heterocycles. The molecule has 9 heteroatoms. The zero-order valence-electron chi connectivity index (χ0n) is 28.6. The third kappa shape index (κ3) is 20.0. The highest BCUT2D eigenvalue weighted by atomic mass is 16.7. The van der Waals surface area contributed by atoms with Crippen LogP contribution in [0, 0.1) is 0 Å². The molecule has 0 aromatic rings. The van der Waals surface area contributed by atoms with Crippen molar-refractivity contribution in [2.45, 2.75) is 198 Å². The number of unbranched alkanes of at least 4 members (excludes halogenated alkanes) is 17. The molecule has 1 aliphatic rings. The van der Waals surface area contributed by atoms with Crippen molar-refractivity contribution in [1.29, 1.82) is 0 Å². The average molecular weight is 644 g/mol. The summed E-state index contributed by atoms with van der Waals surface area (Å²) in [6.07, 6.45) is 20.8. The van der Waals surface area contributed by atoms with Crippen LogP contribution in [-0.2, 0) is 14.3 Å². The Bertz CT molecular complexity index is 721. The number of ether oxygens (including phenoxy) is 2. The lowest BCUT2D eigenvalue weighted by Gasteiger charge is -2.40. The van der Waals surface area contributed by atoms with Gasteiger partial charge in [-0.25, -0.2) is 0 Å². The Morgan fingerprint density at radius 1 is 0.733 bits per heavy atom. The zero-order valence-corrected chi connectivity index (χ0v) is 28.6. The van der Waals surface area contributed by atoms with Gasteiger partial charge in [-0.2, -0.15) is 0 Å². The molecule has 6 N–H and O–H groups in total. The summed E-state index contributed by atoms with van der Waals surface area (Å²) in [5.74, 6) is -0.161. The predicted octanol–water partition coefficient (Wildman–Crippen LogP) is 5.83. The van der Waals surface area contributed by atoms with Gasteiger partial charge in [0.1, 0.15) is 24.4 Å². The van der Waals surface area contributed by atoms with Gasteiger partial charge >= 0.3 is 0 Å². The Labute approximate surface area is 274 Å². The number of carbonyl (C=O) groups is 1. The van der Waals surface area contributed by atoms with Gasteiger partial charge in [0.15, 0.2) is 6.29 Å². The van der Waals surface area contributed by atoms with Gasteiger partial charge in [-0.05, 0) is 32.1 Å². The third-order valence-electron chi connectivity index (χ3n) is 8.87. The van der Waals surface area contributed by atoms with Crippen LogP contribution in [0.5, 0.6) is 0 Å². The maximum absolute atomic E-state index is 12.8. The monoisotopic (exact) mass is 644 g/mol. The minimum Gasteiger partial charge on any atom is -0.394 e. The number of rotatable bonds is 29. The number of hydrogen-bond donors (Lipinski definition) is 6. The van der Waals surface area contributed by atoms with Crippen molar-refractivity contribution in [2.24, 2.45) is 0 Å². The van der Waals surface area contributed by atoms with Crippen molar-refractivity contribution in [3.05, 3.63) is 12.2 Å². The van der Waals surface area contributed by atoms with Gasteiger partial charge in [-0.15, -0.1) is 0 Å². The summed E-state index contributed by atoms with van der Waals surface area (Å²) >= 11 is 0. The van der Waals surface area contributed by atoms with Crippen LogP contribution >= 0.6 is 0 Å². The van der Waals surface area contributed by atoms with Crippen LogP contribution in [-0.4, -0.2) is 87.5 Å². The van der Waals surface area contributed by atoms with E-state index in [2.05, 4.69) is 31.3 Å². The number of carbonyl (C=O) groups excluding carboxylic acids is 1. The molecule has 0 aliphatic carbocycles. The number of nitrogens with one attached hydrogen (secondary N) is 1. The van der Waals surface area contributed by atoms with E-state index in [1.807, 2.05) is 0 Å². The maximum atomic E-state index is 12.8. The molecule has 1 heterocycles. The van der Waals surface area contributed by atoms with Gasteiger partial charge in [-0.3, -0.25) is 4.79 Å². The summed E-state index contributed by atoms with van der Waals surface area (Å²) in [5.41, 5.74) is 0. The summed E-state index contributed by atoms with van der Waals surface area (Å²) in [6, 6.07) is -0.717. The fourth-order valence-electron chi connectivity index (χ4n) is 5.79. The van der Waals surface area contributed by atoms with E-state index in [0.717, 1.165) is 57.8 Å². The maximum Gasteiger partial charge on any atom is 0.220 e. The average Bonchev–Trinajstić information content (AvgIpc) is 3.04. The molecule has 266 valence electrons. The molecule has 1 amide bonds. The van der Waals surface area contributed by atoms with E-state index in [1.165, 1.54) is 70.6 Å². The van der Waals surface area contributed by atoms with Gasteiger partial charge in [0.2, 0.25) is 5.91 Å². The SMILES string of the molecule is CCCC/C=C\CCCCCCC(=O)NC(COC1OC(CO)C(O)C(O)C1O)C(O)CCCCCCCCCCCCCC. The van der Waals surface area contributed by atoms with E-state index in [9.17, 15) is 30.3 Å². The summed E-state index contributed by atoms with van der Waals surface area (Å²) < 4.78 is 11.2. The first kappa shape index (κ1) is 42.0. The van der Waals surface area contributed by atoms with Gasteiger partial charge in [0, 0.05) is 6.42 Å². The van der Waals surface area contributed by atoms with Crippen molar-refractivity contribution < 1.29 is 39.8 Å². The van der Waals surface area contributed by atoms with Crippen LogP contribution < -0.4 is 5.32 Å². The summed E-state index contributed by atoms with van der Waals surface area (Å²) in [7, 11) is 0. The molecule has 45 heavy (non-hydrogen) atoms. The molecule has 1 aliphatic heterocycles. The molecule has 0 radical (unpaired) electrons. The van der Waals surface area contributed by atoms with Crippen molar-refractivity contribution >= 4 is 5.91 Å². The highest BCUT2D eigenvalue weighted by molar-refractivity contribution is 5.76. The molecule has 9 nitrogen and oxygen atoms in total. The van der Waals surface area contributed by atoms with Crippen LogP contribution in [0.15, 0.2) is 12.2 Å². The van der Waals surface area contributed by atoms with Crippen LogP contribution in [0.1, 0.15) is 155 Å². The Hall–Kier alpha value is -1.07. The molecule has 0 saturated carbocycles. The second-order valence-corrected chi connectivity index (χ2v) is 13.0. The number of amides is 1. The molecule has 7 atom stereocenters. The largest absolute Gasteiger partial charge is 0.394 e. The number of aliphatic hydroxyl groups excluding tert-OH is 5. The first-order valence-corrected chi connectivity index (χ1v) is 18.4. The van der Waals surface area contributed by atoms with Gasteiger partial charge in [0.05, 0.1) is 25.4 Å². The molecule has 7 unspecified atom stereocenters. The van der Waals surface area contributed by atoms with Crippen LogP contribution in [0.2, 0.25) is 0 Å². The first-order valence-electron chi connectivity index (χ1n) is 18.4. The number of aliphatic hydroxyl groups is 5. The van der Waals surface area contributed by atoms with Crippen molar-refractivity contribution in [3.63, 3.8) is 0 Å². The topological polar surface area (TPSA) is 149 Å². The Morgan fingerprint density at radius 2 is 1.27 bits per heavy atom. The third-order valence-corrected chi connectivity index (χ3v) is 8.87. The van der Waals surface area contributed by atoms with Gasteiger partial charge in [-0.1, -0.05) is 129 Å². The van der Waals surface area contributed by atoms with Crippen LogP contribution in [0.3, 0.4) is 0 Å². The summed E-state index contributed by atoms with van der Waals surface area (Å²) in [4.78, 5) is 12.8. The normalized spacial score (nSPS) is 23.4. The fraction of sp³-hybridized carbons (Fsp3) is 0.917. The van der Waals surface area contributed by atoms with E-state index >= 15 is 0 Å². The van der Waals surface area contributed by atoms with Crippen molar-refractivity contribution in [2.75, 3.05) is 13.2 Å². The van der Waals surface area contributed by atoms with Crippen molar-refractivity contribution in [1.82, 2.24) is 5.32 Å². The lowest BCUT2D eigenvalue weighted by molar-refractivity contribution is -0.302. The van der Waals surface area contributed by atoms with Crippen LogP contribution in [0.25, 0.3) is 0 Å². The van der Waals surface area contributed by atoms with E-state index in [0.29, 0.717) is 12.8 Å². The second kappa shape index (κ2) is 28.0. The standard InChI is InChI=1S/C36H69NO8/c1-3-5-7-9-11-13-15-16-17-19-21-23-25-30(39)29(28-44-36-35(43)34(42)33(41)31(27-38)45-36)37-32(40)26-24-22-20-18-14-12-10-8-6-4-2/h10,12,29-31,33-36,38-39,41-43H,3-9,11,13-28H2,1-2H3,(H,37,40)/b12-10-. The van der Waals surface area contributed by atoms with E-state index < -0.39 is 49.5 Å². The molecule has 1 fully saturated rings. The van der Waals surface area contributed by atoms with Crippen molar-refractivity contribution in [3.8, 4) is 0 Å². The van der Waals surface area contributed by atoms with E-state index in [1.54, 1.807) is 0 Å². The fourth-order valence-corrected chi connectivity index (χ4v) is 5.79. The summed E-state index contributed by atoms with van der Waals surface area (Å²) in [5, 5.41) is 53.9. The van der Waals surface area contributed by atoms with E-state index in [4.69, 9.17) is 9.47 Å². The summed E-state index contributed by atoms with van der Waals surface area (Å²) in [6.45, 7) is 3.74. The smallest absolute Gasteiger partial charge is 0.220 e. The first-order chi connectivity index (χ1) is 21.8. The number of allylic oxidation sites excluding steroid dienone is 2. The Kier molecular flexibility index (Phi) is 26.1. The molecule has 0 aromatic carbocycles. The lowest BCUT2D eigenvalue weighted by Crippen LogP contribution is -2.60. The minimum absolute atomic E-state index is 0.141. The highest BCUT2D eigenvalue weighted by Gasteiger charge is 2.44. The highest BCUT2D eigenvalue weighted by Crippen LogP contribution is 2.23. The molecular formula is C36H69NO8. The lowest BCUT2D eigenvalue weighted by atomic mass is 9.99.